The van der Waals surface area contributed by atoms with Gasteiger partial charge in [0.25, 0.3) is 0 Å². The average molecular weight is 381 g/mol. The van der Waals surface area contributed by atoms with Crippen LogP contribution in [0, 0.1) is 5.92 Å². The first kappa shape index (κ1) is 18.2. The van der Waals surface area contributed by atoms with Gasteiger partial charge in [-0.3, -0.25) is 4.90 Å². The molecule has 2 aliphatic heterocycles. The van der Waals surface area contributed by atoms with Gasteiger partial charge in [0.2, 0.25) is 0 Å². The van der Waals surface area contributed by atoms with Crippen LogP contribution in [0.2, 0.25) is 0 Å². The van der Waals surface area contributed by atoms with E-state index in [1.165, 1.54) is 36.2 Å². The van der Waals surface area contributed by atoms with E-state index in [0.717, 1.165) is 25.2 Å². The molecule has 0 amide bonds. The molecule has 5 rings (SSSR count). The molecule has 0 aliphatic carbocycles. The van der Waals surface area contributed by atoms with Gasteiger partial charge in [-0.2, -0.15) is 0 Å². The van der Waals surface area contributed by atoms with Crippen LogP contribution in [0.15, 0.2) is 60.7 Å². The third-order valence-electron chi connectivity index (χ3n) is 5.87. The number of nitrogens with zero attached hydrogens (tertiary/aromatic N) is 4. The van der Waals surface area contributed by atoms with Crippen molar-refractivity contribution in [3.63, 3.8) is 0 Å². The van der Waals surface area contributed by atoms with E-state index in [1.807, 2.05) is 0 Å². The number of aromatic nitrogens is 3. The first-order valence-corrected chi connectivity index (χ1v) is 9.64. The van der Waals surface area contributed by atoms with Crippen molar-refractivity contribution in [2.75, 3.05) is 13.1 Å². The van der Waals surface area contributed by atoms with Gasteiger partial charge in [0, 0.05) is 25.2 Å². The molecule has 4 nitrogen and oxygen atoms in total. The summed E-state index contributed by atoms with van der Waals surface area (Å²) in [6.45, 7) is 3.27. The fraction of sp³-hybridized carbons (Fsp3) is 0.364. The maximum absolute atomic E-state index is 4.62. The van der Waals surface area contributed by atoms with E-state index in [0.29, 0.717) is 12.0 Å². The van der Waals surface area contributed by atoms with E-state index in [-0.39, 0.29) is 12.4 Å². The quantitative estimate of drug-likeness (QED) is 0.676. The molecule has 1 fully saturated rings. The average Bonchev–Trinajstić information content (AvgIpc) is 3.24. The van der Waals surface area contributed by atoms with Crippen LogP contribution in [0.5, 0.6) is 0 Å². The SMILES string of the molecule is Cl.c1ccc(CN2C[C@@H]3CCCc4c(-c5ccccc5)nnn4[C@@H]3C2)cc1. The highest BCUT2D eigenvalue weighted by atomic mass is 35.5. The number of hydrogen-bond acceptors (Lipinski definition) is 3. The Kier molecular flexibility index (Phi) is 5.28. The molecule has 0 unspecified atom stereocenters. The smallest absolute Gasteiger partial charge is 0.116 e. The molecule has 0 bridgehead atoms. The molecule has 0 N–H and O–H groups in total. The molecule has 0 saturated carbocycles. The highest BCUT2D eigenvalue weighted by Crippen LogP contribution is 2.37. The normalized spacial score (nSPS) is 21.8. The Bertz CT molecular complexity index is 878. The lowest BCUT2D eigenvalue weighted by molar-refractivity contribution is 0.306. The molecule has 0 spiro atoms. The number of rotatable bonds is 3. The summed E-state index contributed by atoms with van der Waals surface area (Å²) in [5, 5.41) is 9.19. The lowest BCUT2D eigenvalue weighted by atomic mass is 9.99. The number of fused-ring (bicyclic) bond motifs is 3. The summed E-state index contributed by atoms with van der Waals surface area (Å²) in [5.41, 5.74) is 4.98. The number of hydrogen-bond donors (Lipinski definition) is 0. The third-order valence-corrected chi connectivity index (χ3v) is 5.87. The van der Waals surface area contributed by atoms with Crippen LogP contribution in [0.1, 0.15) is 30.1 Å². The maximum Gasteiger partial charge on any atom is 0.116 e. The second kappa shape index (κ2) is 7.83. The zero-order valence-electron chi connectivity index (χ0n) is 15.4. The van der Waals surface area contributed by atoms with Gasteiger partial charge in [0.1, 0.15) is 5.69 Å². The maximum atomic E-state index is 4.62. The lowest BCUT2D eigenvalue weighted by Gasteiger charge is -2.17. The van der Waals surface area contributed by atoms with Crippen LogP contribution in [0.3, 0.4) is 0 Å². The summed E-state index contributed by atoms with van der Waals surface area (Å²) in [7, 11) is 0. The molecule has 0 radical (unpaired) electrons. The second-order valence-electron chi connectivity index (χ2n) is 7.59. The minimum Gasteiger partial charge on any atom is -0.297 e. The minimum absolute atomic E-state index is 0. The molecule has 1 saturated heterocycles. The fourth-order valence-corrected chi connectivity index (χ4v) is 4.64. The Morgan fingerprint density at radius 2 is 1.67 bits per heavy atom. The van der Waals surface area contributed by atoms with Crippen molar-refractivity contribution in [3.8, 4) is 11.3 Å². The zero-order chi connectivity index (χ0) is 17.3. The van der Waals surface area contributed by atoms with Crippen LogP contribution in [0.4, 0.5) is 0 Å². The molecule has 3 aromatic rings. The third kappa shape index (κ3) is 3.52. The molecule has 2 atom stereocenters. The lowest BCUT2D eigenvalue weighted by Crippen LogP contribution is -2.22. The van der Waals surface area contributed by atoms with E-state index < -0.39 is 0 Å². The first-order chi connectivity index (χ1) is 12.9. The van der Waals surface area contributed by atoms with Gasteiger partial charge >= 0.3 is 0 Å². The summed E-state index contributed by atoms with van der Waals surface area (Å²) >= 11 is 0. The van der Waals surface area contributed by atoms with Crippen molar-refractivity contribution in [2.24, 2.45) is 5.92 Å². The topological polar surface area (TPSA) is 34.0 Å². The predicted octanol–water partition coefficient (Wildman–Crippen LogP) is 4.38. The predicted molar refractivity (Wildman–Crippen MR) is 110 cm³/mol. The first-order valence-electron chi connectivity index (χ1n) is 9.64. The van der Waals surface area contributed by atoms with Gasteiger partial charge < -0.3 is 0 Å². The summed E-state index contributed by atoms with van der Waals surface area (Å²) in [4.78, 5) is 2.59. The van der Waals surface area contributed by atoms with Crippen molar-refractivity contribution >= 4 is 12.4 Å². The van der Waals surface area contributed by atoms with Crippen LogP contribution in [0.25, 0.3) is 11.3 Å². The summed E-state index contributed by atoms with van der Waals surface area (Å²) in [6, 6.07) is 21.8. The number of benzene rings is 2. The summed E-state index contributed by atoms with van der Waals surface area (Å²) in [6.07, 6.45) is 3.60. The van der Waals surface area contributed by atoms with Gasteiger partial charge in [-0.05, 0) is 30.7 Å². The summed E-state index contributed by atoms with van der Waals surface area (Å²) in [5.74, 6) is 0.685. The van der Waals surface area contributed by atoms with Gasteiger partial charge in [-0.15, -0.1) is 17.5 Å². The molecule has 1 aromatic heterocycles. The van der Waals surface area contributed by atoms with E-state index in [1.54, 1.807) is 0 Å². The minimum atomic E-state index is 0. The Morgan fingerprint density at radius 1 is 0.926 bits per heavy atom. The summed E-state index contributed by atoms with van der Waals surface area (Å²) < 4.78 is 2.25. The fourth-order valence-electron chi connectivity index (χ4n) is 4.64. The van der Waals surface area contributed by atoms with E-state index in [2.05, 4.69) is 80.6 Å². The van der Waals surface area contributed by atoms with Crippen molar-refractivity contribution < 1.29 is 0 Å². The van der Waals surface area contributed by atoms with Gasteiger partial charge in [0.15, 0.2) is 0 Å². The van der Waals surface area contributed by atoms with Crippen molar-refractivity contribution in [3.05, 3.63) is 71.9 Å². The zero-order valence-corrected chi connectivity index (χ0v) is 16.2. The standard InChI is InChI=1S/C22H24N4.ClH/c1-3-8-17(9-4-1)14-25-15-19-12-7-13-20-22(18-10-5-2-6-11-18)23-24-26(20)21(19)16-25;/h1-6,8-11,19,21H,7,12-16H2;1H/t19-,21+;/m0./s1. The van der Waals surface area contributed by atoms with Gasteiger partial charge in [-0.25, -0.2) is 4.68 Å². The molecule has 27 heavy (non-hydrogen) atoms. The van der Waals surface area contributed by atoms with Crippen LogP contribution in [-0.2, 0) is 13.0 Å². The monoisotopic (exact) mass is 380 g/mol. The highest BCUT2D eigenvalue weighted by Gasteiger charge is 2.37. The molecular weight excluding hydrogens is 356 g/mol. The second-order valence-corrected chi connectivity index (χ2v) is 7.59. The number of likely N-dealkylation sites (tertiary alicyclic amines) is 1. The van der Waals surface area contributed by atoms with E-state index in [9.17, 15) is 0 Å². The van der Waals surface area contributed by atoms with Crippen molar-refractivity contribution in [2.45, 2.75) is 31.8 Å². The Balaban J connectivity index is 0.00000180. The van der Waals surface area contributed by atoms with Crippen molar-refractivity contribution in [1.82, 2.24) is 19.9 Å². The largest absolute Gasteiger partial charge is 0.297 e. The van der Waals surface area contributed by atoms with Gasteiger partial charge in [0.05, 0.1) is 11.7 Å². The van der Waals surface area contributed by atoms with Crippen molar-refractivity contribution in [1.29, 1.82) is 0 Å². The molecule has 5 heteroatoms. The number of halogens is 1. The van der Waals surface area contributed by atoms with Crippen LogP contribution < -0.4 is 0 Å². The van der Waals surface area contributed by atoms with Crippen LogP contribution in [-0.4, -0.2) is 33.0 Å². The molecule has 2 aliphatic rings. The Labute approximate surface area is 166 Å². The van der Waals surface area contributed by atoms with Gasteiger partial charge in [-0.1, -0.05) is 65.9 Å². The van der Waals surface area contributed by atoms with Crippen LogP contribution >= 0.6 is 12.4 Å². The molecular formula is C22H25ClN4. The molecule has 2 aromatic carbocycles. The Hall–Kier alpha value is -2.17. The molecule has 3 heterocycles. The van der Waals surface area contributed by atoms with E-state index >= 15 is 0 Å². The highest BCUT2D eigenvalue weighted by molar-refractivity contribution is 5.85. The van der Waals surface area contributed by atoms with E-state index in [4.69, 9.17) is 0 Å². The Morgan fingerprint density at radius 3 is 2.44 bits per heavy atom. The molecule has 140 valence electrons.